The molecule has 0 radical (unpaired) electrons. The number of oxazole rings is 1. The maximum Gasteiger partial charge on any atom is 0.419 e. The lowest BCUT2D eigenvalue weighted by Gasteiger charge is -2.08. The Morgan fingerprint density at radius 2 is 2.04 bits per heavy atom. The van der Waals surface area contributed by atoms with Gasteiger partial charge in [0, 0.05) is 19.8 Å². The molecule has 1 N–H and O–H groups in total. The van der Waals surface area contributed by atoms with Crippen molar-refractivity contribution in [3.05, 3.63) is 71.0 Å². The van der Waals surface area contributed by atoms with Gasteiger partial charge in [-0.15, -0.1) is 0 Å². The molecule has 0 aliphatic rings. The summed E-state index contributed by atoms with van der Waals surface area (Å²) in [6.07, 6.45) is 3.14. The Kier molecular flexibility index (Phi) is 4.17. The van der Waals surface area contributed by atoms with Crippen molar-refractivity contribution in [2.75, 3.05) is 0 Å². The maximum absolute atomic E-state index is 12.6. The molecule has 0 aliphatic carbocycles. The molecule has 8 nitrogen and oxygen atoms in total. The molecule has 1 aromatic carbocycles. The smallest absolute Gasteiger partial charge is 0.419 e. The number of furan rings is 1. The van der Waals surface area contributed by atoms with E-state index in [1.165, 1.54) is 29.8 Å². The summed E-state index contributed by atoms with van der Waals surface area (Å²) in [5.41, 5.74) is 2.09. The van der Waals surface area contributed by atoms with Gasteiger partial charge in [0.15, 0.2) is 11.3 Å². The molecule has 0 atom stereocenters. The molecule has 138 valence electrons. The van der Waals surface area contributed by atoms with Gasteiger partial charge in [-0.3, -0.25) is 9.55 Å². The number of sulfonamides is 1. The molecule has 4 rings (SSSR count). The van der Waals surface area contributed by atoms with E-state index in [9.17, 15) is 13.2 Å². The van der Waals surface area contributed by atoms with Gasteiger partial charge in [-0.25, -0.2) is 17.9 Å². The Morgan fingerprint density at radius 3 is 2.81 bits per heavy atom. The molecule has 0 fully saturated rings. The van der Waals surface area contributed by atoms with Gasteiger partial charge in [0.25, 0.3) is 0 Å². The third kappa shape index (κ3) is 3.29. The lowest BCUT2D eigenvalue weighted by Crippen LogP contribution is -2.23. The minimum Gasteiger partial charge on any atom is -0.463 e. The van der Waals surface area contributed by atoms with Gasteiger partial charge in [-0.1, -0.05) is 0 Å². The van der Waals surface area contributed by atoms with E-state index < -0.39 is 15.8 Å². The van der Waals surface area contributed by atoms with E-state index in [-0.39, 0.29) is 11.4 Å². The van der Waals surface area contributed by atoms with Crippen LogP contribution < -0.4 is 10.5 Å². The number of hydrogen-bond acceptors (Lipinski definition) is 6. The van der Waals surface area contributed by atoms with Crippen molar-refractivity contribution < 1.29 is 17.3 Å². The summed E-state index contributed by atoms with van der Waals surface area (Å²) < 4.78 is 39.4. The number of aryl methyl sites for hydroxylation is 1. The third-order valence-corrected chi connectivity index (χ3v) is 5.54. The molecule has 0 saturated carbocycles. The number of rotatable bonds is 5. The zero-order valence-corrected chi connectivity index (χ0v) is 15.1. The van der Waals surface area contributed by atoms with Gasteiger partial charge in [-0.05, 0) is 48.0 Å². The SMILES string of the molecule is Cn1c(=O)oc2ccc(S(=O)(=O)NCc3ccnc(-c4ccco4)c3)cc21. The van der Waals surface area contributed by atoms with Crippen LogP contribution in [-0.2, 0) is 23.6 Å². The molecule has 9 heteroatoms. The predicted molar refractivity (Wildman–Crippen MR) is 97.4 cm³/mol. The van der Waals surface area contributed by atoms with Gasteiger partial charge < -0.3 is 8.83 Å². The monoisotopic (exact) mass is 385 g/mol. The number of pyridine rings is 1. The number of hydrogen-bond donors (Lipinski definition) is 1. The molecule has 3 aromatic heterocycles. The lowest BCUT2D eigenvalue weighted by molar-refractivity contribution is 0.528. The highest BCUT2D eigenvalue weighted by molar-refractivity contribution is 7.89. The quantitative estimate of drug-likeness (QED) is 0.565. The van der Waals surface area contributed by atoms with Gasteiger partial charge in [0.1, 0.15) is 5.69 Å². The van der Waals surface area contributed by atoms with Crippen LogP contribution in [0.2, 0.25) is 0 Å². The zero-order valence-electron chi connectivity index (χ0n) is 14.2. The second-order valence-electron chi connectivity index (χ2n) is 5.91. The lowest BCUT2D eigenvalue weighted by atomic mass is 10.2. The second kappa shape index (κ2) is 6.53. The van der Waals surface area contributed by atoms with Crippen LogP contribution in [0.25, 0.3) is 22.6 Å². The van der Waals surface area contributed by atoms with E-state index in [0.29, 0.717) is 22.6 Å². The third-order valence-electron chi connectivity index (χ3n) is 4.14. The predicted octanol–water partition coefficient (Wildman–Crippen LogP) is 2.26. The van der Waals surface area contributed by atoms with E-state index in [2.05, 4.69) is 9.71 Å². The summed E-state index contributed by atoms with van der Waals surface area (Å²) in [5, 5.41) is 0. The Bertz CT molecular complexity index is 1270. The van der Waals surface area contributed by atoms with Gasteiger partial charge >= 0.3 is 5.76 Å². The Balaban J connectivity index is 1.58. The number of fused-ring (bicyclic) bond motifs is 1. The standard InChI is InChI=1S/C18H15N3O5S/c1-21-15-10-13(4-5-17(15)26-18(21)22)27(23,24)20-11-12-6-7-19-14(9-12)16-3-2-8-25-16/h2-10,20H,11H2,1H3. The molecule has 0 amide bonds. The Morgan fingerprint density at radius 1 is 1.19 bits per heavy atom. The average molecular weight is 385 g/mol. The van der Waals surface area contributed by atoms with Crippen LogP contribution in [0.4, 0.5) is 0 Å². The molecule has 27 heavy (non-hydrogen) atoms. The summed E-state index contributed by atoms with van der Waals surface area (Å²) >= 11 is 0. The van der Waals surface area contributed by atoms with Crippen LogP contribution in [0.15, 0.2) is 73.4 Å². The fraction of sp³-hybridized carbons (Fsp3) is 0.111. The van der Waals surface area contributed by atoms with Crippen molar-refractivity contribution in [2.24, 2.45) is 7.05 Å². The van der Waals surface area contributed by atoms with Gasteiger partial charge in [-0.2, -0.15) is 0 Å². The molecule has 0 unspecified atom stereocenters. The Hall–Kier alpha value is -3.17. The number of benzene rings is 1. The van der Waals surface area contributed by atoms with Crippen molar-refractivity contribution >= 4 is 21.1 Å². The molecular formula is C18H15N3O5S. The summed E-state index contributed by atoms with van der Waals surface area (Å²) in [6.45, 7) is 0.0842. The zero-order chi connectivity index (χ0) is 19.0. The van der Waals surface area contributed by atoms with E-state index in [1.807, 2.05) is 0 Å². The fourth-order valence-electron chi connectivity index (χ4n) is 2.68. The fourth-order valence-corrected chi connectivity index (χ4v) is 3.72. The first kappa shape index (κ1) is 17.3. The number of nitrogens with zero attached hydrogens (tertiary/aromatic N) is 2. The summed E-state index contributed by atoms with van der Waals surface area (Å²) in [7, 11) is -2.26. The topological polar surface area (TPSA) is 107 Å². The number of aromatic nitrogens is 2. The first-order chi connectivity index (χ1) is 12.9. The van der Waals surface area contributed by atoms with Crippen molar-refractivity contribution in [3.8, 4) is 11.5 Å². The second-order valence-corrected chi connectivity index (χ2v) is 7.67. The van der Waals surface area contributed by atoms with Crippen LogP contribution in [-0.4, -0.2) is 18.0 Å². The number of nitrogens with one attached hydrogen (secondary N) is 1. The molecular weight excluding hydrogens is 370 g/mol. The van der Waals surface area contributed by atoms with Crippen LogP contribution >= 0.6 is 0 Å². The first-order valence-corrected chi connectivity index (χ1v) is 9.50. The molecule has 4 aromatic rings. The van der Waals surface area contributed by atoms with Crippen molar-refractivity contribution in [1.82, 2.24) is 14.3 Å². The highest BCUT2D eigenvalue weighted by Gasteiger charge is 2.17. The van der Waals surface area contributed by atoms with Crippen LogP contribution in [0, 0.1) is 0 Å². The summed E-state index contributed by atoms with van der Waals surface area (Å²) in [4.78, 5) is 15.8. The van der Waals surface area contributed by atoms with Crippen molar-refractivity contribution in [2.45, 2.75) is 11.4 Å². The van der Waals surface area contributed by atoms with Crippen LogP contribution in [0.5, 0.6) is 0 Å². The summed E-state index contributed by atoms with van der Waals surface area (Å²) in [5.74, 6) is 0.0563. The minimum atomic E-state index is -3.77. The van der Waals surface area contributed by atoms with Gasteiger partial charge in [0.2, 0.25) is 10.0 Å². The van der Waals surface area contributed by atoms with E-state index in [1.54, 1.807) is 36.7 Å². The van der Waals surface area contributed by atoms with Crippen molar-refractivity contribution in [3.63, 3.8) is 0 Å². The van der Waals surface area contributed by atoms with E-state index >= 15 is 0 Å². The van der Waals surface area contributed by atoms with Crippen LogP contribution in [0.1, 0.15) is 5.56 Å². The van der Waals surface area contributed by atoms with Crippen LogP contribution in [0.3, 0.4) is 0 Å². The summed E-state index contributed by atoms with van der Waals surface area (Å²) in [6, 6.07) is 11.3. The minimum absolute atomic E-state index is 0.0479. The van der Waals surface area contributed by atoms with Gasteiger partial charge in [0.05, 0.1) is 16.7 Å². The largest absolute Gasteiger partial charge is 0.463 e. The molecule has 3 heterocycles. The first-order valence-electron chi connectivity index (χ1n) is 8.02. The van der Waals surface area contributed by atoms with E-state index in [4.69, 9.17) is 8.83 Å². The normalized spacial score (nSPS) is 11.9. The Labute approximate surface area is 154 Å². The highest BCUT2D eigenvalue weighted by Crippen LogP contribution is 2.20. The maximum atomic E-state index is 12.6. The average Bonchev–Trinajstić information content (AvgIpc) is 3.29. The van der Waals surface area contributed by atoms with Crippen molar-refractivity contribution in [1.29, 1.82) is 0 Å². The van der Waals surface area contributed by atoms with E-state index in [0.717, 1.165) is 5.56 Å². The molecule has 0 spiro atoms. The highest BCUT2D eigenvalue weighted by atomic mass is 32.2. The molecule has 0 bridgehead atoms. The molecule has 0 saturated heterocycles. The molecule has 0 aliphatic heterocycles.